The van der Waals surface area contributed by atoms with E-state index in [1.54, 1.807) is 0 Å². The Morgan fingerprint density at radius 3 is 2.52 bits per heavy atom. The fourth-order valence-electron chi connectivity index (χ4n) is 4.24. The Labute approximate surface area is 150 Å². The van der Waals surface area contributed by atoms with E-state index in [4.69, 9.17) is 0 Å². The zero-order chi connectivity index (χ0) is 17.2. The van der Waals surface area contributed by atoms with Gasteiger partial charge in [-0.25, -0.2) is 4.79 Å². The number of benzene rings is 2. The summed E-state index contributed by atoms with van der Waals surface area (Å²) in [5.41, 5.74) is 4.97. The molecule has 0 spiro atoms. The summed E-state index contributed by atoms with van der Waals surface area (Å²) in [6.45, 7) is 1.33. The quantitative estimate of drug-likeness (QED) is 0.746. The molecule has 0 bridgehead atoms. The van der Waals surface area contributed by atoms with Gasteiger partial charge in [0.05, 0.1) is 12.2 Å². The Balaban J connectivity index is 1.65. The molecule has 2 aromatic rings. The third-order valence-electron chi connectivity index (χ3n) is 5.62. The van der Waals surface area contributed by atoms with Crippen LogP contribution in [0.1, 0.15) is 54.7 Å². The molecule has 0 atom stereocenters. The number of rotatable bonds is 3. The average Bonchev–Trinajstić information content (AvgIpc) is 2.66. The van der Waals surface area contributed by atoms with Crippen molar-refractivity contribution in [3.05, 3.63) is 65.2 Å². The Hall–Kier alpha value is -2.29. The first-order valence-corrected chi connectivity index (χ1v) is 9.42. The van der Waals surface area contributed by atoms with Crippen molar-refractivity contribution in [1.82, 2.24) is 4.90 Å². The number of hydrogen-bond acceptors (Lipinski definition) is 1. The van der Waals surface area contributed by atoms with Crippen molar-refractivity contribution < 1.29 is 4.79 Å². The van der Waals surface area contributed by atoms with Gasteiger partial charge in [-0.1, -0.05) is 61.7 Å². The minimum absolute atomic E-state index is 0.0850. The molecule has 1 heterocycles. The summed E-state index contributed by atoms with van der Waals surface area (Å²) in [7, 11) is 1.90. The molecule has 2 amide bonds. The molecule has 0 unspecified atom stereocenters. The number of fused-ring (bicyclic) bond motifs is 1. The van der Waals surface area contributed by atoms with Crippen LogP contribution in [0.5, 0.6) is 0 Å². The fraction of sp³-hybridized carbons (Fsp3) is 0.409. The Morgan fingerprint density at radius 2 is 1.76 bits per heavy atom. The van der Waals surface area contributed by atoms with Crippen molar-refractivity contribution in [2.75, 3.05) is 11.9 Å². The first kappa shape index (κ1) is 16.2. The molecule has 3 heteroatoms. The third kappa shape index (κ3) is 3.28. The molecular weight excluding hydrogens is 308 g/mol. The lowest BCUT2D eigenvalue weighted by atomic mass is 9.83. The second-order valence-electron chi connectivity index (χ2n) is 7.43. The smallest absolute Gasteiger partial charge is 0.323 e. The van der Waals surface area contributed by atoms with Gasteiger partial charge in [0.1, 0.15) is 0 Å². The van der Waals surface area contributed by atoms with E-state index in [0.29, 0.717) is 19.0 Å². The molecule has 1 saturated carbocycles. The van der Waals surface area contributed by atoms with E-state index < -0.39 is 0 Å². The predicted octanol–water partition coefficient (Wildman–Crippen LogP) is 5.31. The van der Waals surface area contributed by atoms with Crippen LogP contribution in [0.2, 0.25) is 0 Å². The molecule has 0 saturated heterocycles. The van der Waals surface area contributed by atoms with Gasteiger partial charge in [-0.3, -0.25) is 4.90 Å². The number of nitrogens with zero attached hydrogens (tertiary/aromatic N) is 2. The van der Waals surface area contributed by atoms with Crippen molar-refractivity contribution in [2.24, 2.45) is 0 Å². The highest BCUT2D eigenvalue weighted by molar-refractivity contribution is 5.94. The number of urea groups is 1. The SMILES string of the molecule is CN1Cc2cc(C3CCCCC3)ccc2N(Cc2ccccc2)C1=O. The van der Waals surface area contributed by atoms with Crippen LogP contribution in [-0.2, 0) is 13.1 Å². The van der Waals surface area contributed by atoms with Gasteiger partial charge in [0, 0.05) is 13.6 Å². The van der Waals surface area contributed by atoms with Crippen LogP contribution in [0.3, 0.4) is 0 Å². The zero-order valence-corrected chi connectivity index (χ0v) is 14.9. The van der Waals surface area contributed by atoms with Crippen molar-refractivity contribution in [2.45, 2.75) is 51.1 Å². The number of carbonyl (C=O) groups excluding carboxylic acids is 1. The summed E-state index contributed by atoms with van der Waals surface area (Å²) in [6.07, 6.45) is 6.69. The second-order valence-corrected chi connectivity index (χ2v) is 7.43. The minimum Gasteiger partial charge on any atom is -0.323 e. The number of hydrogen-bond donors (Lipinski definition) is 0. The maximum atomic E-state index is 12.7. The molecule has 3 nitrogen and oxygen atoms in total. The van der Waals surface area contributed by atoms with Gasteiger partial charge in [0.15, 0.2) is 0 Å². The highest BCUT2D eigenvalue weighted by atomic mass is 16.2. The molecule has 4 rings (SSSR count). The van der Waals surface area contributed by atoms with Gasteiger partial charge >= 0.3 is 6.03 Å². The Bertz CT molecular complexity index is 750. The lowest BCUT2D eigenvalue weighted by molar-refractivity contribution is 0.210. The van der Waals surface area contributed by atoms with E-state index in [2.05, 4.69) is 30.3 Å². The highest BCUT2D eigenvalue weighted by Gasteiger charge is 2.29. The predicted molar refractivity (Wildman–Crippen MR) is 102 cm³/mol. The van der Waals surface area contributed by atoms with E-state index in [1.807, 2.05) is 35.0 Å². The lowest BCUT2D eigenvalue weighted by Crippen LogP contribution is -2.44. The van der Waals surface area contributed by atoms with Crippen molar-refractivity contribution in [3.8, 4) is 0 Å². The van der Waals surface area contributed by atoms with Gasteiger partial charge in [-0.05, 0) is 41.5 Å². The standard InChI is InChI=1S/C22H26N2O/c1-23-16-20-14-19(18-10-6-3-7-11-18)12-13-21(20)24(22(23)25)15-17-8-4-2-5-9-17/h2,4-5,8-9,12-14,18H,3,6-7,10-11,15-16H2,1H3. The maximum Gasteiger partial charge on any atom is 0.324 e. The monoisotopic (exact) mass is 334 g/mol. The van der Waals surface area contributed by atoms with E-state index in [1.165, 1.54) is 43.2 Å². The fourth-order valence-corrected chi connectivity index (χ4v) is 4.24. The molecule has 2 aromatic carbocycles. The van der Waals surface area contributed by atoms with E-state index >= 15 is 0 Å². The summed E-state index contributed by atoms with van der Waals surface area (Å²) in [5.74, 6) is 0.699. The Morgan fingerprint density at radius 1 is 1.00 bits per heavy atom. The summed E-state index contributed by atoms with van der Waals surface area (Å²) in [5, 5.41) is 0. The van der Waals surface area contributed by atoms with Crippen molar-refractivity contribution in [1.29, 1.82) is 0 Å². The summed E-state index contributed by atoms with van der Waals surface area (Å²) >= 11 is 0. The van der Waals surface area contributed by atoms with E-state index in [0.717, 1.165) is 11.3 Å². The molecule has 1 aliphatic carbocycles. The van der Waals surface area contributed by atoms with E-state index in [-0.39, 0.29) is 6.03 Å². The molecule has 1 aliphatic heterocycles. The van der Waals surface area contributed by atoms with Gasteiger partial charge in [-0.2, -0.15) is 0 Å². The van der Waals surface area contributed by atoms with Crippen LogP contribution in [0.15, 0.2) is 48.5 Å². The average molecular weight is 334 g/mol. The molecule has 130 valence electrons. The number of carbonyl (C=O) groups is 1. The van der Waals surface area contributed by atoms with Crippen LogP contribution < -0.4 is 4.90 Å². The van der Waals surface area contributed by atoms with Crippen LogP contribution in [0.25, 0.3) is 0 Å². The van der Waals surface area contributed by atoms with Crippen LogP contribution in [0.4, 0.5) is 10.5 Å². The first-order chi connectivity index (χ1) is 12.2. The summed E-state index contributed by atoms with van der Waals surface area (Å²) < 4.78 is 0. The van der Waals surface area contributed by atoms with Crippen LogP contribution in [-0.4, -0.2) is 18.0 Å². The van der Waals surface area contributed by atoms with Crippen LogP contribution in [0, 0.1) is 0 Å². The van der Waals surface area contributed by atoms with Gasteiger partial charge in [0.2, 0.25) is 0 Å². The molecular formula is C22H26N2O. The third-order valence-corrected chi connectivity index (χ3v) is 5.62. The Kier molecular flexibility index (Phi) is 4.48. The summed E-state index contributed by atoms with van der Waals surface area (Å²) in [6, 6.07) is 17.1. The minimum atomic E-state index is 0.0850. The first-order valence-electron chi connectivity index (χ1n) is 9.42. The van der Waals surface area contributed by atoms with Crippen molar-refractivity contribution >= 4 is 11.7 Å². The van der Waals surface area contributed by atoms with E-state index in [9.17, 15) is 4.79 Å². The number of anilines is 1. The zero-order valence-electron chi connectivity index (χ0n) is 14.9. The van der Waals surface area contributed by atoms with Gasteiger partial charge in [-0.15, -0.1) is 0 Å². The van der Waals surface area contributed by atoms with Gasteiger partial charge in [0.25, 0.3) is 0 Å². The molecule has 0 N–H and O–H groups in total. The topological polar surface area (TPSA) is 23.6 Å². The molecule has 25 heavy (non-hydrogen) atoms. The molecule has 0 aromatic heterocycles. The lowest BCUT2D eigenvalue weighted by Gasteiger charge is -2.36. The largest absolute Gasteiger partial charge is 0.324 e. The second kappa shape index (κ2) is 6.91. The summed E-state index contributed by atoms with van der Waals surface area (Å²) in [4.78, 5) is 16.5. The molecule has 0 radical (unpaired) electrons. The number of amides is 2. The molecule has 1 fully saturated rings. The van der Waals surface area contributed by atoms with Crippen molar-refractivity contribution in [3.63, 3.8) is 0 Å². The van der Waals surface area contributed by atoms with Gasteiger partial charge < -0.3 is 4.90 Å². The van der Waals surface area contributed by atoms with Crippen LogP contribution >= 0.6 is 0 Å². The molecule has 2 aliphatic rings. The highest BCUT2D eigenvalue weighted by Crippen LogP contribution is 2.37. The maximum absolute atomic E-state index is 12.7. The normalized spacial score (nSPS) is 18.4.